The zero-order valence-electron chi connectivity index (χ0n) is 29.9. The van der Waals surface area contributed by atoms with Crippen molar-refractivity contribution in [3.05, 3.63) is 95.6 Å². The Balaban J connectivity index is 1.54. The first-order chi connectivity index (χ1) is 23.7. The van der Waals surface area contributed by atoms with Gasteiger partial charge in [-0.3, -0.25) is 10.6 Å². The fourth-order valence-electron chi connectivity index (χ4n) is 8.64. The number of fused-ring (bicyclic) bond motifs is 2. The molecular weight excluding hydrogens is 589 g/mol. The fraction of sp³-hybridized carbons (Fsp3) is 0.524. The largest absolute Gasteiger partial charge is 0.345 e. The third-order valence-electron chi connectivity index (χ3n) is 11.2. The first-order valence-electron chi connectivity index (χ1n) is 19.3. The summed E-state index contributed by atoms with van der Waals surface area (Å²) in [6.45, 7) is 10.9. The Bertz CT molecular complexity index is 1480. The van der Waals surface area contributed by atoms with E-state index in [0.29, 0.717) is 24.2 Å². The van der Waals surface area contributed by atoms with E-state index in [9.17, 15) is 0 Å². The second-order valence-corrected chi connectivity index (χ2v) is 14.5. The van der Waals surface area contributed by atoms with Crippen LogP contribution >= 0.6 is 0 Å². The topological polar surface area (TPSA) is 39.6 Å². The van der Waals surface area contributed by atoms with Gasteiger partial charge in [0.05, 0.1) is 24.2 Å². The molecule has 7 heterocycles. The number of hydrogen-bond donors (Lipinski definition) is 2. The third kappa shape index (κ3) is 6.22. The highest BCUT2D eigenvalue weighted by Crippen LogP contribution is 2.32. The van der Waals surface area contributed by atoms with Crippen molar-refractivity contribution in [3.8, 4) is 22.8 Å². The van der Waals surface area contributed by atoms with Gasteiger partial charge in [-0.1, -0.05) is 79.1 Å². The van der Waals surface area contributed by atoms with Gasteiger partial charge in [-0.25, -0.2) is 0 Å². The van der Waals surface area contributed by atoms with E-state index in [1.807, 2.05) is 0 Å². The molecule has 0 radical (unpaired) electrons. The second kappa shape index (κ2) is 15.0. The van der Waals surface area contributed by atoms with Crippen molar-refractivity contribution in [1.29, 1.82) is 0 Å². The maximum atomic E-state index is 4.26. The minimum absolute atomic E-state index is 0.300. The van der Waals surface area contributed by atoms with Gasteiger partial charge >= 0.3 is 13.3 Å². The van der Waals surface area contributed by atoms with Crippen LogP contribution in [0, 0.1) is 0 Å². The maximum Gasteiger partial charge on any atom is 0.345 e. The van der Waals surface area contributed by atoms with Gasteiger partial charge in [-0.05, 0) is 49.9 Å². The van der Waals surface area contributed by atoms with E-state index < -0.39 is 0 Å². The molecule has 0 spiro atoms. The summed E-state index contributed by atoms with van der Waals surface area (Å²) < 4.78 is 10.6. The van der Waals surface area contributed by atoms with E-state index in [1.165, 1.54) is 96.9 Å². The van der Waals surface area contributed by atoms with Gasteiger partial charge in [0.25, 0.3) is 22.8 Å². The fourth-order valence-corrected chi connectivity index (χ4v) is 8.64. The number of aromatic nitrogens is 4. The summed E-state index contributed by atoms with van der Waals surface area (Å²) in [7, 11) is 0. The first kappa shape index (κ1) is 33.0. The molecule has 3 aliphatic heterocycles. The van der Waals surface area contributed by atoms with Crippen molar-refractivity contribution in [2.75, 3.05) is 0 Å². The lowest BCUT2D eigenvalue weighted by atomic mass is 9.96. The minimum Gasteiger partial charge on any atom is -0.293 e. The molecule has 0 fully saturated rings. The normalized spacial score (nSPS) is 20.8. The predicted molar refractivity (Wildman–Crippen MR) is 191 cm³/mol. The summed E-state index contributed by atoms with van der Waals surface area (Å²) in [4.78, 5) is 0. The average molecular weight is 647 g/mol. The van der Waals surface area contributed by atoms with Crippen LogP contribution in [0.3, 0.4) is 0 Å². The van der Waals surface area contributed by atoms with Crippen molar-refractivity contribution < 1.29 is 18.3 Å². The average Bonchev–Trinajstić information content (AvgIpc) is 3.10. The van der Waals surface area contributed by atoms with E-state index in [-0.39, 0.29) is 0 Å². The van der Waals surface area contributed by atoms with Crippen LogP contribution in [0.4, 0.5) is 0 Å². The van der Waals surface area contributed by atoms with Crippen LogP contribution in [0.25, 0.3) is 22.8 Å². The summed E-state index contributed by atoms with van der Waals surface area (Å²) in [5, 5.41) is 8.53. The van der Waals surface area contributed by atoms with Gasteiger partial charge in [0, 0.05) is 48.5 Å². The number of nitrogens with one attached hydrogen (secondary N) is 2. The lowest BCUT2D eigenvalue weighted by Gasteiger charge is -2.28. The van der Waals surface area contributed by atoms with Crippen LogP contribution in [-0.4, -0.2) is 0 Å². The molecule has 6 nitrogen and oxygen atoms in total. The highest BCUT2D eigenvalue weighted by molar-refractivity contribution is 5.49. The van der Waals surface area contributed by atoms with Gasteiger partial charge < -0.3 is 0 Å². The standard InChI is InChI=1S/C42H58N6/c1-5-9-17-31-35-21-13-25-39-40-26-15-23-37-33(19-11-7-3)44-34(20-12-8-4)38-24-16-28-42(48(38)30-47(37)40)41-27-14-22-36(46(41)29-45(35)39)32(43-31)18-10-6-2/h13-16,21-28,31-34,43-44H,5-12,17-20,29-30H2,1-4H3/q+4. The van der Waals surface area contributed by atoms with Gasteiger partial charge in [0.1, 0.15) is 0 Å². The molecule has 4 bridgehead atoms. The highest BCUT2D eigenvalue weighted by atomic mass is 15.3. The zero-order valence-corrected chi connectivity index (χ0v) is 29.9. The van der Waals surface area contributed by atoms with Crippen molar-refractivity contribution in [2.24, 2.45) is 0 Å². The van der Waals surface area contributed by atoms with Crippen molar-refractivity contribution in [2.45, 2.75) is 142 Å². The smallest absolute Gasteiger partial charge is 0.293 e. The summed E-state index contributed by atoms with van der Waals surface area (Å²) >= 11 is 0. The lowest BCUT2D eigenvalue weighted by Crippen LogP contribution is -2.66. The molecule has 4 atom stereocenters. The Morgan fingerprint density at radius 3 is 0.896 bits per heavy atom. The van der Waals surface area contributed by atoms with Crippen LogP contribution in [0.5, 0.6) is 0 Å². The van der Waals surface area contributed by atoms with E-state index >= 15 is 0 Å². The maximum absolute atomic E-state index is 4.26. The number of pyridine rings is 4. The Kier molecular flexibility index (Phi) is 10.3. The molecular formula is C42H58N6+4. The molecule has 4 aromatic heterocycles. The summed E-state index contributed by atoms with van der Waals surface area (Å²) in [6.07, 6.45) is 14.3. The predicted octanol–water partition coefficient (Wildman–Crippen LogP) is 7.63. The molecule has 0 saturated carbocycles. The molecule has 0 saturated heterocycles. The van der Waals surface area contributed by atoms with E-state index in [2.05, 4.69) is 129 Å². The molecule has 0 amide bonds. The van der Waals surface area contributed by atoms with Gasteiger partial charge in [0.2, 0.25) is 22.8 Å². The highest BCUT2D eigenvalue weighted by Gasteiger charge is 2.45. The number of rotatable bonds is 12. The van der Waals surface area contributed by atoms with Gasteiger partial charge in [0.15, 0.2) is 0 Å². The van der Waals surface area contributed by atoms with E-state index in [1.54, 1.807) is 0 Å². The van der Waals surface area contributed by atoms with Crippen LogP contribution in [0.15, 0.2) is 72.8 Å². The molecule has 4 unspecified atom stereocenters. The summed E-state index contributed by atoms with van der Waals surface area (Å²) in [5.41, 5.74) is 10.8. The first-order valence-corrected chi connectivity index (χ1v) is 19.3. The van der Waals surface area contributed by atoms with Crippen molar-refractivity contribution in [1.82, 2.24) is 10.6 Å². The molecule has 0 aromatic carbocycles. The van der Waals surface area contributed by atoms with Crippen molar-refractivity contribution in [3.63, 3.8) is 0 Å². The van der Waals surface area contributed by atoms with Crippen LogP contribution in [0.1, 0.15) is 152 Å². The molecule has 48 heavy (non-hydrogen) atoms. The molecule has 252 valence electrons. The molecule has 0 aliphatic carbocycles. The summed E-state index contributed by atoms with van der Waals surface area (Å²) in [5.74, 6) is 0. The number of unbranched alkanes of at least 4 members (excludes halogenated alkanes) is 4. The third-order valence-corrected chi connectivity index (χ3v) is 11.2. The number of nitrogens with zero attached hydrogens (tertiary/aromatic N) is 4. The van der Waals surface area contributed by atoms with Crippen LogP contribution < -0.4 is 28.9 Å². The summed E-state index contributed by atoms with van der Waals surface area (Å²) in [6, 6.07) is 29.6. The quantitative estimate of drug-likeness (QED) is 0.137. The van der Waals surface area contributed by atoms with Gasteiger partial charge in [-0.15, -0.1) is 18.3 Å². The lowest BCUT2D eigenvalue weighted by molar-refractivity contribution is -0.936. The Labute approximate surface area is 288 Å². The molecule has 3 aliphatic rings. The molecule has 6 heteroatoms. The zero-order chi connectivity index (χ0) is 33.0. The molecule has 7 rings (SSSR count). The molecule has 4 aromatic rings. The Morgan fingerprint density at radius 1 is 0.417 bits per heavy atom. The minimum atomic E-state index is 0.300. The monoisotopic (exact) mass is 646 g/mol. The molecule has 2 N–H and O–H groups in total. The van der Waals surface area contributed by atoms with E-state index in [4.69, 9.17) is 0 Å². The van der Waals surface area contributed by atoms with Crippen LogP contribution in [-0.2, 0) is 13.3 Å². The van der Waals surface area contributed by atoms with Crippen molar-refractivity contribution >= 4 is 0 Å². The SMILES string of the molecule is CCCCC1NC(CCCC)c2cccc3[n+]2C[n+]2c(cccc21)-c1cccc2[n+]1C[n+]1c-3cccc1C(CCCC)NC2CCCC. The van der Waals surface area contributed by atoms with E-state index in [0.717, 1.165) is 39.0 Å². The Hall–Kier alpha value is -3.48. The number of hydrogen-bond acceptors (Lipinski definition) is 2. The Morgan fingerprint density at radius 2 is 0.667 bits per heavy atom. The second-order valence-electron chi connectivity index (χ2n) is 14.5. The van der Waals surface area contributed by atoms with Gasteiger partial charge in [-0.2, -0.15) is 0 Å². The van der Waals surface area contributed by atoms with Crippen LogP contribution in [0.2, 0.25) is 0 Å².